The fourth-order valence-corrected chi connectivity index (χ4v) is 2.68. The van der Waals surface area contributed by atoms with Crippen molar-refractivity contribution >= 4 is 0 Å². The molecule has 1 saturated heterocycles. The maximum Gasteiger partial charge on any atom is 0.0590 e. The van der Waals surface area contributed by atoms with Crippen LogP contribution in [0.15, 0.2) is 0 Å². The summed E-state index contributed by atoms with van der Waals surface area (Å²) in [6.45, 7) is 5.34. The average Bonchev–Trinajstić information content (AvgIpc) is 2.69. The largest absolute Gasteiger partial charge is 0.378 e. The van der Waals surface area contributed by atoms with E-state index in [1.54, 1.807) is 0 Å². The van der Waals surface area contributed by atoms with Gasteiger partial charge in [-0.05, 0) is 19.8 Å². The molecule has 0 bridgehead atoms. The first kappa shape index (κ1) is 14.0. The molecule has 0 radical (unpaired) electrons. The Balaban J connectivity index is 1.99. The summed E-state index contributed by atoms with van der Waals surface area (Å²) in [7, 11) is 0. The van der Waals surface area contributed by atoms with E-state index in [2.05, 4.69) is 13.8 Å². The summed E-state index contributed by atoms with van der Waals surface area (Å²) >= 11 is 0. The minimum Gasteiger partial charge on any atom is -0.378 e. The summed E-state index contributed by atoms with van der Waals surface area (Å²) in [4.78, 5) is 0. The topological polar surface area (TPSA) is 35.2 Å². The van der Waals surface area contributed by atoms with Gasteiger partial charge in [-0.25, -0.2) is 0 Å². The van der Waals surface area contributed by atoms with Crippen molar-refractivity contribution in [1.82, 2.24) is 0 Å². The molecule has 0 aromatic heterocycles. The SMILES string of the molecule is CCCCCCCCC(N)C1CCOC1C. The highest BCUT2D eigenvalue weighted by molar-refractivity contribution is 4.81. The van der Waals surface area contributed by atoms with E-state index in [9.17, 15) is 0 Å². The number of ether oxygens (including phenoxy) is 1. The molecule has 0 spiro atoms. The van der Waals surface area contributed by atoms with Crippen molar-refractivity contribution in [2.75, 3.05) is 6.61 Å². The molecule has 3 unspecified atom stereocenters. The monoisotopic (exact) mass is 227 g/mol. The molecule has 0 aromatic carbocycles. The molecule has 0 amide bonds. The van der Waals surface area contributed by atoms with Gasteiger partial charge in [0.25, 0.3) is 0 Å². The molecule has 1 rings (SSSR count). The predicted molar refractivity (Wildman–Crippen MR) is 69.5 cm³/mol. The zero-order valence-corrected chi connectivity index (χ0v) is 11.1. The molecule has 16 heavy (non-hydrogen) atoms. The minimum absolute atomic E-state index is 0.365. The third-order valence-corrected chi connectivity index (χ3v) is 3.88. The van der Waals surface area contributed by atoms with E-state index in [1.807, 2.05) is 0 Å². The quantitative estimate of drug-likeness (QED) is 0.644. The van der Waals surface area contributed by atoms with E-state index in [0.29, 0.717) is 18.1 Å². The fourth-order valence-electron chi connectivity index (χ4n) is 2.68. The Hall–Kier alpha value is -0.0800. The number of nitrogens with two attached hydrogens (primary N) is 1. The Bertz CT molecular complexity index is 172. The van der Waals surface area contributed by atoms with E-state index in [4.69, 9.17) is 10.5 Å². The molecule has 2 heteroatoms. The van der Waals surface area contributed by atoms with Gasteiger partial charge in [0.1, 0.15) is 0 Å². The first-order chi connectivity index (χ1) is 7.75. The van der Waals surface area contributed by atoms with E-state index in [-0.39, 0.29) is 0 Å². The lowest BCUT2D eigenvalue weighted by molar-refractivity contribution is 0.0984. The van der Waals surface area contributed by atoms with Crippen molar-refractivity contribution in [2.24, 2.45) is 11.7 Å². The first-order valence-electron chi connectivity index (χ1n) is 7.13. The zero-order valence-electron chi connectivity index (χ0n) is 11.1. The van der Waals surface area contributed by atoms with Gasteiger partial charge in [-0.15, -0.1) is 0 Å². The van der Waals surface area contributed by atoms with Crippen molar-refractivity contribution in [3.63, 3.8) is 0 Å². The van der Waals surface area contributed by atoms with Crippen LogP contribution in [0, 0.1) is 5.92 Å². The lowest BCUT2D eigenvalue weighted by Gasteiger charge is -2.21. The molecule has 3 atom stereocenters. The second kappa shape index (κ2) is 8.08. The Morgan fingerprint density at radius 3 is 2.50 bits per heavy atom. The molecule has 2 nitrogen and oxygen atoms in total. The smallest absolute Gasteiger partial charge is 0.0590 e. The summed E-state index contributed by atoms with van der Waals surface area (Å²) in [5, 5.41) is 0. The third-order valence-electron chi connectivity index (χ3n) is 3.88. The average molecular weight is 227 g/mol. The van der Waals surface area contributed by atoms with Crippen LogP contribution in [-0.4, -0.2) is 18.8 Å². The molecule has 1 heterocycles. The Kier molecular flexibility index (Phi) is 7.06. The van der Waals surface area contributed by atoms with Crippen LogP contribution >= 0.6 is 0 Å². The van der Waals surface area contributed by atoms with E-state index in [1.165, 1.54) is 44.9 Å². The standard InChI is InChI=1S/C14H29NO/c1-3-4-5-6-7-8-9-14(15)13-10-11-16-12(13)2/h12-14H,3-11,15H2,1-2H3. The van der Waals surface area contributed by atoms with Crippen molar-refractivity contribution in [2.45, 2.75) is 77.4 Å². The van der Waals surface area contributed by atoms with Crippen LogP contribution in [0.4, 0.5) is 0 Å². The summed E-state index contributed by atoms with van der Waals surface area (Å²) in [5.41, 5.74) is 6.23. The van der Waals surface area contributed by atoms with E-state index < -0.39 is 0 Å². The molecule has 2 N–H and O–H groups in total. The van der Waals surface area contributed by atoms with E-state index >= 15 is 0 Å². The number of unbranched alkanes of at least 4 members (excludes halogenated alkanes) is 5. The molecular weight excluding hydrogens is 198 g/mol. The molecular formula is C14H29NO. The summed E-state index contributed by atoms with van der Waals surface area (Å²) in [6.07, 6.45) is 10.9. The maximum absolute atomic E-state index is 6.23. The molecule has 1 fully saturated rings. The predicted octanol–water partition coefficient (Wildman–Crippen LogP) is 3.49. The molecule has 96 valence electrons. The van der Waals surface area contributed by atoms with Gasteiger partial charge in [-0.2, -0.15) is 0 Å². The first-order valence-corrected chi connectivity index (χ1v) is 7.13. The van der Waals surface area contributed by atoms with Gasteiger partial charge in [-0.1, -0.05) is 45.4 Å². The van der Waals surface area contributed by atoms with Gasteiger partial charge in [0, 0.05) is 18.6 Å². The van der Waals surface area contributed by atoms with Gasteiger partial charge < -0.3 is 10.5 Å². The normalized spacial score (nSPS) is 27.2. The van der Waals surface area contributed by atoms with Gasteiger partial charge in [0.2, 0.25) is 0 Å². The van der Waals surface area contributed by atoms with Gasteiger partial charge in [0.15, 0.2) is 0 Å². The van der Waals surface area contributed by atoms with Crippen molar-refractivity contribution in [3.8, 4) is 0 Å². The number of rotatable bonds is 8. The van der Waals surface area contributed by atoms with Crippen molar-refractivity contribution in [3.05, 3.63) is 0 Å². The van der Waals surface area contributed by atoms with Crippen LogP contribution in [-0.2, 0) is 4.74 Å². The Morgan fingerprint density at radius 1 is 1.19 bits per heavy atom. The second-order valence-electron chi connectivity index (χ2n) is 5.25. The van der Waals surface area contributed by atoms with Crippen molar-refractivity contribution < 1.29 is 4.74 Å². The number of hydrogen-bond acceptors (Lipinski definition) is 2. The van der Waals surface area contributed by atoms with Crippen LogP contribution in [0.2, 0.25) is 0 Å². The zero-order chi connectivity index (χ0) is 11.8. The molecule has 1 aliphatic rings. The van der Waals surface area contributed by atoms with E-state index in [0.717, 1.165) is 13.0 Å². The lowest BCUT2D eigenvalue weighted by Crippen LogP contribution is -2.34. The summed E-state index contributed by atoms with van der Waals surface area (Å²) in [6, 6.07) is 0.365. The molecule has 0 aromatic rings. The fraction of sp³-hybridized carbons (Fsp3) is 1.00. The minimum atomic E-state index is 0.365. The van der Waals surface area contributed by atoms with Crippen LogP contribution in [0.5, 0.6) is 0 Å². The molecule has 1 aliphatic heterocycles. The highest BCUT2D eigenvalue weighted by atomic mass is 16.5. The Morgan fingerprint density at radius 2 is 1.88 bits per heavy atom. The maximum atomic E-state index is 6.23. The van der Waals surface area contributed by atoms with Crippen LogP contribution in [0.1, 0.15) is 65.2 Å². The number of hydrogen-bond donors (Lipinski definition) is 1. The lowest BCUT2D eigenvalue weighted by atomic mass is 9.90. The highest BCUT2D eigenvalue weighted by Gasteiger charge is 2.28. The highest BCUT2D eigenvalue weighted by Crippen LogP contribution is 2.25. The third kappa shape index (κ3) is 4.84. The van der Waals surface area contributed by atoms with Gasteiger partial charge in [-0.3, -0.25) is 0 Å². The summed E-state index contributed by atoms with van der Waals surface area (Å²) in [5.74, 6) is 0.607. The van der Waals surface area contributed by atoms with Crippen molar-refractivity contribution in [1.29, 1.82) is 0 Å². The van der Waals surface area contributed by atoms with Crippen LogP contribution in [0.3, 0.4) is 0 Å². The van der Waals surface area contributed by atoms with Crippen LogP contribution in [0.25, 0.3) is 0 Å². The van der Waals surface area contributed by atoms with Crippen LogP contribution < -0.4 is 5.73 Å². The molecule has 0 aliphatic carbocycles. The summed E-state index contributed by atoms with van der Waals surface area (Å²) < 4.78 is 5.57. The Labute approximate surface area is 101 Å². The second-order valence-corrected chi connectivity index (χ2v) is 5.25. The molecule has 0 saturated carbocycles. The van der Waals surface area contributed by atoms with Gasteiger partial charge >= 0.3 is 0 Å². The van der Waals surface area contributed by atoms with Gasteiger partial charge in [0.05, 0.1) is 6.10 Å².